The molecular formula is C85H166O17P2. The van der Waals surface area contributed by atoms with Crippen LogP contribution in [-0.2, 0) is 65.4 Å². The molecule has 0 saturated heterocycles. The molecule has 0 saturated carbocycles. The molecule has 0 heterocycles. The number of ether oxygens (including phenoxy) is 4. The molecule has 0 rings (SSSR count). The molecule has 618 valence electrons. The summed E-state index contributed by atoms with van der Waals surface area (Å²) in [4.78, 5) is 73.1. The number of phosphoric ester groups is 2. The molecule has 19 heteroatoms. The fourth-order valence-electron chi connectivity index (χ4n) is 13.2. The molecule has 7 atom stereocenters. The predicted molar refractivity (Wildman–Crippen MR) is 428 cm³/mol. The Kier molecular flexibility index (Phi) is 75.0. The third-order valence-electron chi connectivity index (χ3n) is 20.7. The second kappa shape index (κ2) is 76.4. The zero-order valence-corrected chi connectivity index (χ0v) is 70.1. The summed E-state index contributed by atoms with van der Waals surface area (Å²) in [5, 5.41) is 10.7. The van der Waals surface area contributed by atoms with Crippen molar-refractivity contribution < 1.29 is 80.2 Å². The number of esters is 4. The fourth-order valence-corrected chi connectivity index (χ4v) is 14.8. The number of carbonyl (C=O) groups excluding carboxylic acids is 4. The van der Waals surface area contributed by atoms with Crippen molar-refractivity contribution in [2.75, 3.05) is 39.6 Å². The Bertz CT molecular complexity index is 2000. The van der Waals surface area contributed by atoms with Crippen molar-refractivity contribution in [1.29, 1.82) is 0 Å². The van der Waals surface area contributed by atoms with E-state index in [2.05, 4.69) is 41.5 Å². The van der Waals surface area contributed by atoms with Gasteiger partial charge in [0.15, 0.2) is 12.2 Å². The minimum absolute atomic E-state index is 0.107. The summed E-state index contributed by atoms with van der Waals surface area (Å²) in [5.41, 5.74) is 0. The zero-order chi connectivity index (χ0) is 76.4. The van der Waals surface area contributed by atoms with Gasteiger partial charge in [0, 0.05) is 25.7 Å². The topological polar surface area (TPSA) is 237 Å². The number of hydrogen-bond donors (Lipinski definition) is 3. The molecule has 0 fully saturated rings. The monoisotopic (exact) mass is 1520 g/mol. The molecule has 0 aliphatic carbocycles. The first kappa shape index (κ1) is 102. The summed E-state index contributed by atoms with van der Waals surface area (Å²) in [6.45, 7) is 9.68. The molecule has 0 spiro atoms. The minimum atomic E-state index is -4.97. The lowest BCUT2D eigenvalue weighted by molar-refractivity contribution is -0.161. The first-order valence-corrected chi connectivity index (χ1v) is 47.1. The highest BCUT2D eigenvalue weighted by Gasteiger charge is 2.30. The van der Waals surface area contributed by atoms with Gasteiger partial charge in [-0.1, -0.05) is 401 Å². The minimum Gasteiger partial charge on any atom is -0.462 e. The molecule has 0 radical (unpaired) electrons. The van der Waals surface area contributed by atoms with Gasteiger partial charge in [-0.05, 0) is 37.5 Å². The quantitative estimate of drug-likeness (QED) is 0.0222. The molecule has 3 N–H and O–H groups in total. The predicted octanol–water partition coefficient (Wildman–Crippen LogP) is 25.8. The number of aliphatic hydroxyl groups is 1. The van der Waals surface area contributed by atoms with Crippen molar-refractivity contribution in [3.8, 4) is 0 Å². The third-order valence-corrected chi connectivity index (χ3v) is 22.6. The van der Waals surface area contributed by atoms with Gasteiger partial charge in [0.05, 0.1) is 26.4 Å². The Balaban J connectivity index is 5.20. The summed E-state index contributed by atoms with van der Waals surface area (Å²) in [5.74, 6) is -0.503. The van der Waals surface area contributed by atoms with Crippen LogP contribution in [0.25, 0.3) is 0 Å². The van der Waals surface area contributed by atoms with Crippen LogP contribution in [-0.4, -0.2) is 96.7 Å². The molecule has 0 bridgehead atoms. The Morgan fingerprint density at radius 2 is 0.462 bits per heavy atom. The van der Waals surface area contributed by atoms with Crippen LogP contribution in [0, 0.1) is 11.8 Å². The molecule has 0 aromatic carbocycles. The molecule has 0 aliphatic rings. The van der Waals surface area contributed by atoms with Gasteiger partial charge in [0.25, 0.3) is 0 Å². The van der Waals surface area contributed by atoms with E-state index in [-0.39, 0.29) is 25.7 Å². The van der Waals surface area contributed by atoms with E-state index in [9.17, 15) is 43.2 Å². The SMILES string of the molecule is CCCCCCCCCCCCCCCCCCCCCCC(=O)OC[C@H](COP(=O)(O)OC[C@@H](O)COP(=O)(O)OC[C@@H](COC(=O)CCCCCCCCC(C)CC)OC(=O)CCCCCCCCCCCCCC)OC(=O)CCCCCCCCCCCCCCCCCCCCC(C)CC. The summed E-state index contributed by atoms with van der Waals surface area (Å²) in [7, 11) is -9.92. The average Bonchev–Trinajstić information content (AvgIpc) is 0.935. The van der Waals surface area contributed by atoms with Crippen LogP contribution in [0.1, 0.15) is 452 Å². The number of aliphatic hydroxyl groups excluding tert-OH is 1. The van der Waals surface area contributed by atoms with E-state index >= 15 is 0 Å². The Morgan fingerprint density at radius 1 is 0.269 bits per heavy atom. The molecule has 0 aliphatic heterocycles. The molecule has 0 aromatic heterocycles. The van der Waals surface area contributed by atoms with Crippen molar-refractivity contribution in [3.05, 3.63) is 0 Å². The summed E-state index contributed by atoms with van der Waals surface area (Å²) in [6.07, 6.45) is 68.1. The Labute approximate surface area is 638 Å². The summed E-state index contributed by atoms with van der Waals surface area (Å²) >= 11 is 0. The molecule has 0 aromatic rings. The van der Waals surface area contributed by atoms with Crippen LogP contribution in [0.4, 0.5) is 0 Å². The Morgan fingerprint density at radius 3 is 0.683 bits per heavy atom. The van der Waals surface area contributed by atoms with Crippen LogP contribution in [0.3, 0.4) is 0 Å². The maximum atomic E-state index is 13.1. The summed E-state index contributed by atoms with van der Waals surface area (Å²) in [6, 6.07) is 0. The lowest BCUT2D eigenvalue weighted by atomic mass is 9.99. The van der Waals surface area contributed by atoms with E-state index in [1.54, 1.807) is 0 Å². The van der Waals surface area contributed by atoms with Crippen LogP contribution in [0.15, 0.2) is 0 Å². The zero-order valence-electron chi connectivity index (χ0n) is 68.3. The van der Waals surface area contributed by atoms with E-state index < -0.39 is 97.5 Å². The highest BCUT2D eigenvalue weighted by atomic mass is 31.2. The van der Waals surface area contributed by atoms with Gasteiger partial charge in [0.2, 0.25) is 0 Å². The van der Waals surface area contributed by atoms with Gasteiger partial charge in [-0.25, -0.2) is 9.13 Å². The largest absolute Gasteiger partial charge is 0.472 e. The molecule has 0 amide bonds. The van der Waals surface area contributed by atoms with E-state index in [0.717, 1.165) is 108 Å². The fraction of sp³-hybridized carbons (Fsp3) is 0.953. The van der Waals surface area contributed by atoms with Crippen LogP contribution >= 0.6 is 15.6 Å². The standard InChI is InChI=1S/C85H166O17P2/c1-7-11-13-15-17-19-21-23-24-25-26-27-31-34-37-41-44-48-55-61-67-82(87)95-73-80(101-85(90)70-64-58-50-46-42-38-35-32-29-28-30-33-36-39-43-47-53-59-65-77(5)9-3)75-99-103(91,92)97-71-79(86)72-98-104(93,94)100-76-81(74-96-83(88)68-62-56-52-51-54-60-66-78(6)10-4)102-84(89)69-63-57-49-45-40-22-20-18-16-14-12-8-2/h77-81,86H,7-76H2,1-6H3,(H,91,92)(H,93,94)/t77?,78?,79-,80-,81-/m1/s1. The van der Waals surface area contributed by atoms with Crippen molar-refractivity contribution in [2.45, 2.75) is 471 Å². The highest BCUT2D eigenvalue weighted by Crippen LogP contribution is 2.45. The second-order valence-electron chi connectivity index (χ2n) is 31.1. The number of unbranched alkanes of at least 4 members (excludes halogenated alkanes) is 52. The summed E-state index contributed by atoms with van der Waals surface area (Å²) < 4.78 is 68.8. The van der Waals surface area contributed by atoms with Gasteiger partial charge >= 0.3 is 39.5 Å². The lowest BCUT2D eigenvalue weighted by Gasteiger charge is -2.21. The van der Waals surface area contributed by atoms with Crippen LogP contribution in [0.5, 0.6) is 0 Å². The van der Waals surface area contributed by atoms with Crippen LogP contribution < -0.4 is 0 Å². The van der Waals surface area contributed by atoms with Crippen molar-refractivity contribution >= 4 is 39.5 Å². The highest BCUT2D eigenvalue weighted by molar-refractivity contribution is 7.47. The first-order valence-electron chi connectivity index (χ1n) is 44.1. The number of hydrogen-bond acceptors (Lipinski definition) is 15. The molecule has 104 heavy (non-hydrogen) atoms. The van der Waals surface area contributed by atoms with E-state index in [1.807, 2.05) is 0 Å². The first-order chi connectivity index (χ1) is 50.4. The average molecular weight is 1520 g/mol. The second-order valence-corrected chi connectivity index (χ2v) is 34.0. The van der Waals surface area contributed by atoms with Gasteiger partial charge in [-0.3, -0.25) is 37.3 Å². The molecule has 4 unspecified atom stereocenters. The van der Waals surface area contributed by atoms with E-state index in [4.69, 9.17) is 37.0 Å². The molecular weight excluding hydrogens is 1350 g/mol. The normalized spacial score (nSPS) is 14.4. The number of carbonyl (C=O) groups is 4. The van der Waals surface area contributed by atoms with E-state index in [0.29, 0.717) is 25.7 Å². The lowest BCUT2D eigenvalue weighted by Crippen LogP contribution is -2.30. The van der Waals surface area contributed by atoms with Gasteiger partial charge in [-0.15, -0.1) is 0 Å². The third kappa shape index (κ3) is 75.5. The smallest absolute Gasteiger partial charge is 0.462 e. The van der Waals surface area contributed by atoms with Crippen molar-refractivity contribution in [3.63, 3.8) is 0 Å². The van der Waals surface area contributed by atoms with Gasteiger partial charge in [0.1, 0.15) is 19.3 Å². The van der Waals surface area contributed by atoms with Gasteiger partial charge in [-0.2, -0.15) is 0 Å². The maximum Gasteiger partial charge on any atom is 0.472 e. The van der Waals surface area contributed by atoms with Crippen LogP contribution in [0.2, 0.25) is 0 Å². The van der Waals surface area contributed by atoms with Gasteiger partial charge < -0.3 is 33.8 Å². The van der Waals surface area contributed by atoms with Crippen molar-refractivity contribution in [2.24, 2.45) is 11.8 Å². The Hall–Kier alpha value is -1.94. The number of phosphoric acid groups is 2. The molecule has 17 nitrogen and oxygen atoms in total. The van der Waals surface area contributed by atoms with E-state index in [1.165, 1.54) is 263 Å². The number of rotatable bonds is 84. The van der Waals surface area contributed by atoms with Crippen molar-refractivity contribution in [1.82, 2.24) is 0 Å². The maximum absolute atomic E-state index is 13.1.